The molecule has 2 amide bonds. The number of benzene rings is 1. The third-order valence-corrected chi connectivity index (χ3v) is 4.08. The van der Waals surface area contributed by atoms with E-state index in [2.05, 4.69) is 10.6 Å². The summed E-state index contributed by atoms with van der Waals surface area (Å²) in [5, 5.41) is 5.37. The number of halogens is 1. The van der Waals surface area contributed by atoms with Crippen molar-refractivity contribution in [3.8, 4) is 0 Å². The van der Waals surface area contributed by atoms with Crippen molar-refractivity contribution in [3.63, 3.8) is 0 Å². The molecule has 0 aliphatic carbocycles. The molecule has 0 fully saturated rings. The maximum atomic E-state index is 14.7. The molecule has 1 unspecified atom stereocenters. The Morgan fingerprint density at radius 1 is 1.29 bits per heavy atom. The Bertz CT molecular complexity index is 845. The molecule has 0 saturated carbocycles. The van der Waals surface area contributed by atoms with Crippen LogP contribution < -0.4 is 10.6 Å². The molecule has 1 aliphatic heterocycles. The molecule has 2 rings (SSSR count). The number of methoxy groups -OCH3 is 3. The van der Waals surface area contributed by atoms with Crippen LogP contribution in [-0.2, 0) is 23.8 Å². The molecule has 0 spiro atoms. The van der Waals surface area contributed by atoms with Gasteiger partial charge in [-0.3, -0.25) is 9.59 Å². The van der Waals surface area contributed by atoms with E-state index in [9.17, 15) is 14.0 Å². The summed E-state index contributed by atoms with van der Waals surface area (Å²) >= 11 is 0. The summed E-state index contributed by atoms with van der Waals surface area (Å²) in [6.07, 6.45) is 4.31. The summed E-state index contributed by atoms with van der Waals surface area (Å²) in [4.78, 5) is 23.7. The highest BCUT2D eigenvalue weighted by atomic mass is 19.1. The highest BCUT2D eigenvalue weighted by Crippen LogP contribution is 2.39. The van der Waals surface area contributed by atoms with Gasteiger partial charge in [-0.2, -0.15) is 0 Å². The van der Waals surface area contributed by atoms with Crippen LogP contribution in [0.5, 0.6) is 0 Å². The van der Waals surface area contributed by atoms with Crippen LogP contribution in [0.1, 0.15) is 24.8 Å². The number of hydrogen-bond donors (Lipinski definition) is 2. The summed E-state index contributed by atoms with van der Waals surface area (Å²) in [6.45, 7) is 1.36. The van der Waals surface area contributed by atoms with Crippen molar-refractivity contribution in [2.24, 2.45) is 0 Å². The molecule has 1 atom stereocenters. The van der Waals surface area contributed by atoms with Crippen LogP contribution in [0.15, 0.2) is 53.8 Å². The van der Waals surface area contributed by atoms with Gasteiger partial charge in [-0.15, -0.1) is 0 Å². The zero-order chi connectivity index (χ0) is 20.7. The van der Waals surface area contributed by atoms with Gasteiger partial charge in [0.05, 0.1) is 33.3 Å². The average molecular weight is 390 g/mol. The van der Waals surface area contributed by atoms with E-state index in [1.54, 1.807) is 6.08 Å². The number of rotatable bonds is 7. The largest absolute Gasteiger partial charge is 0.504 e. The van der Waals surface area contributed by atoms with Gasteiger partial charge in [0.25, 0.3) is 0 Å². The number of nitrogens with one attached hydrogen (secondary N) is 2. The van der Waals surface area contributed by atoms with Crippen LogP contribution in [0.2, 0.25) is 0 Å². The Balaban J connectivity index is 2.68. The van der Waals surface area contributed by atoms with E-state index in [4.69, 9.17) is 14.2 Å². The van der Waals surface area contributed by atoms with E-state index in [-0.39, 0.29) is 23.8 Å². The first-order chi connectivity index (χ1) is 13.4. The number of amides is 2. The summed E-state index contributed by atoms with van der Waals surface area (Å²) < 4.78 is 30.2. The molecule has 1 heterocycles. The van der Waals surface area contributed by atoms with Crippen molar-refractivity contribution in [1.82, 2.24) is 5.32 Å². The van der Waals surface area contributed by atoms with Crippen LogP contribution >= 0.6 is 0 Å². The van der Waals surface area contributed by atoms with E-state index < -0.39 is 11.7 Å². The molecule has 8 heteroatoms. The van der Waals surface area contributed by atoms with Crippen LogP contribution in [0.25, 0.3) is 0 Å². The van der Waals surface area contributed by atoms with Crippen LogP contribution in [0.4, 0.5) is 10.1 Å². The first kappa shape index (κ1) is 21.0. The number of hydrogen-bond acceptors (Lipinski definition) is 5. The number of carbonyl (C=O) groups excluding carboxylic acids is 2. The molecule has 0 aromatic heterocycles. The normalized spacial score (nSPS) is 17.4. The predicted molar refractivity (Wildman–Crippen MR) is 101 cm³/mol. The first-order valence-electron chi connectivity index (χ1n) is 8.49. The van der Waals surface area contributed by atoms with E-state index in [0.29, 0.717) is 22.7 Å². The van der Waals surface area contributed by atoms with Crippen molar-refractivity contribution >= 4 is 17.5 Å². The van der Waals surface area contributed by atoms with Crippen LogP contribution in [0, 0.1) is 5.82 Å². The van der Waals surface area contributed by atoms with Gasteiger partial charge in [-0.25, -0.2) is 4.39 Å². The topological polar surface area (TPSA) is 85.9 Å². The Hall–Kier alpha value is -3.29. The minimum Gasteiger partial charge on any atom is -0.504 e. The number of carbonyl (C=O) groups is 2. The average Bonchev–Trinajstić information content (AvgIpc) is 2.65. The van der Waals surface area contributed by atoms with Gasteiger partial charge in [0.1, 0.15) is 12.1 Å². The highest BCUT2D eigenvalue weighted by molar-refractivity contribution is 5.89. The van der Waals surface area contributed by atoms with Crippen LogP contribution in [0.3, 0.4) is 0 Å². The zero-order valence-corrected chi connectivity index (χ0v) is 16.2. The molecule has 1 aromatic carbocycles. The van der Waals surface area contributed by atoms with Gasteiger partial charge in [-0.1, -0.05) is 0 Å². The molecule has 0 bridgehead atoms. The lowest BCUT2D eigenvalue weighted by Crippen LogP contribution is -2.32. The molecule has 150 valence electrons. The number of ether oxygens (including phenoxy) is 3. The zero-order valence-electron chi connectivity index (χ0n) is 16.2. The van der Waals surface area contributed by atoms with Gasteiger partial charge in [0, 0.05) is 30.5 Å². The minimum absolute atomic E-state index is 0.00941. The van der Waals surface area contributed by atoms with Crippen LogP contribution in [-0.4, -0.2) is 33.1 Å². The lowest BCUT2D eigenvalue weighted by Gasteiger charge is -2.29. The van der Waals surface area contributed by atoms with E-state index in [1.807, 2.05) is 0 Å². The molecule has 1 aliphatic rings. The highest BCUT2D eigenvalue weighted by Gasteiger charge is 2.33. The van der Waals surface area contributed by atoms with E-state index >= 15 is 0 Å². The second kappa shape index (κ2) is 9.59. The first-order valence-corrected chi connectivity index (χ1v) is 8.49. The quantitative estimate of drug-likeness (QED) is 0.699. The Morgan fingerprint density at radius 3 is 2.64 bits per heavy atom. The third kappa shape index (κ3) is 4.91. The summed E-state index contributed by atoms with van der Waals surface area (Å²) in [7, 11) is 4.38. The van der Waals surface area contributed by atoms with Gasteiger partial charge in [-0.05, 0) is 29.8 Å². The number of allylic oxidation sites excluding steroid dienone is 2. The van der Waals surface area contributed by atoms with Crippen molar-refractivity contribution < 1.29 is 28.2 Å². The maximum Gasteiger partial charge on any atom is 0.225 e. The molecule has 0 radical (unpaired) electrons. The second-order valence-corrected chi connectivity index (χ2v) is 6.01. The Morgan fingerprint density at radius 2 is 2.04 bits per heavy atom. The minimum atomic E-state index is -0.666. The third-order valence-electron chi connectivity index (χ3n) is 4.08. The number of anilines is 1. The van der Waals surface area contributed by atoms with E-state index in [0.717, 1.165) is 0 Å². The summed E-state index contributed by atoms with van der Waals surface area (Å²) in [6, 6.07) is 4.22. The summed E-state index contributed by atoms with van der Waals surface area (Å²) in [5.74, 6) is -1.42. The van der Waals surface area contributed by atoms with Gasteiger partial charge in [0.15, 0.2) is 5.76 Å². The molecule has 1 aromatic rings. The van der Waals surface area contributed by atoms with Gasteiger partial charge in [0.2, 0.25) is 11.8 Å². The molecule has 2 N–H and O–H groups in total. The van der Waals surface area contributed by atoms with Gasteiger partial charge >= 0.3 is 0 Å². The molecule has 0 saturated heterocycles. The SMILES string of the molecule is CO/C=C(\OC)C1=C(/C=C/OC)NC(=O)CC1c1cc(NC(C)=O)ccc1F. The lowest BCUT2D eigenvalue weighted by atomic mass is 9.83. The monoisotopic (exact) mass is 390 g/mol. The fourth-order valence-corrected chi connectivity index (χ4v) is 3.00. The van der Waals surface area contributed by atoms with Crippen molar-refractivity contribution in [2.45, 2.75) is 19.3 Å². The molecule has 28 heavy (non-hydrogen) atoms. The second-order valence-electron chi connectivity index (χ2n) is 6.01. The maximum absolute atomic E-state index is 14.7. The standard InChI is InChI=1S/C20H23FN2O5/c1-12(24)22-13-5-6-16(21)14(9-13)15-10-19(25)23-17(7-8-26-2)20(15)18(28-4)11-27-3/h5-9,11,15H,10H2,1-4H3,(H,22,24)(H,23,25)/b8-7+,18-11-. The molecular weight excluding hydrogens is 367 g/mol. The summed E-state index contributed by atoms with van der Waals surface area (Å²) in [5.41, 5.74) is 1.60. The van der Waals surface area contributed by atoms with Gasteiger partial charge < -0.3 is 24.8 Å². The Labute approximate surface area is 162 Å². The van der Waals surface area contributed by atoms with Crippen molar-refractivity contribution in [1.29, 1.82) is 0 Å². The Kier molecular flexibility index (Phi) is 7.20. The fraction of sp³-hybridized carbons (Fsp3) is 0.300. The predicted octanol–water partition coefficient (Wildman–Crippen LogP) is 2.94. The van der Waals surface area contributed by atoms with E-state index in [1.165, 1.54) is 59.0 Å². The lowest BCUT2D eigenvalue weighted by molar-refractivity contribution is -0.121. The fourth-order valence-electron chi connectivity index (χ4n) is 3.00. The molecular formula is C20H23FN2O5. The molecule has 7 nitrogen and oxygen atoms in total. The van der Waals surface area contributed by atoms with Crippen molar-refractivity contribution in [2.75, 3.05) is 26.6 Å². The smallest absolute Gasteiger partial charge is 0.225 e. The van der Waals surface area contributed by atoms with Crippen molar-refractivity contribution in [3.05, 3.63) is 65.2 Å².